The van der Waals surface area contributed by atoms with Gasteiger partial charge in [0.05, 0.1) is 18.2 Å². The zero-order valence-corrected chi connectivity index (χ0v) is 12.1. The average molecular weight is 287 g/mol. The van der Waals surface area contributed by atoms with Gasteiger partial charge in [-0.1, -0.05) is 0 Å². The third-order valence-corrected chi connectivity index (χ3v) is 2.98. The van der Waals surface area contributed by atoms with Gasteiger partial charge in [0.15, 0.2) is 0 Å². The summed E-state index contributed by atoms with van der Waals surface area (Å²) in [5, 5.41) is 3.30. The van der Waals surface area contributed by atoms with Crippen LogP contribution in [0.25, 0.3) is 0 Å². The highest BCUT2D eigenvalue weighted by molar-refractivity contribution is 6.28. The van der Waals surface area contributed by atoms with Gasteiger partial charge < -0.3 is 14.8 Å². The molecule has 2 atom stereocenters. The fourth-order valence-electron chi connectivity index (χ4n) is 1.95. The van der Waals surface area contributed by atoms with Crippen LogP contribution in [0.3, 0.4) is 0 Å². The van der Waals surface area contributed by atoms with Crippen LogP contribution in [0.1, 0.15) is 33.6 Å². The number of nitrogens with one attached hydrogen (secondary N) is 1. The van der Waals surface area contributed by atoms with Crippen LogP contribution in [0.5, 0.6) is 6.01 Å². The van der Waals surface area contributed by atoms with E-state index in [9.17, 15) is 0 Å². The van der Waals surface area contributed by atoms with Crippen molar-refractivity contribution in [3.8, 4) is 6.01 Å². The molecular formula is C12H19ClN4O2. The molecular weight excluding hydrogens is 268 g/mol. The number of aromatic nitrogens is 3. The van der Waals surface area contributed by atoms with Gasteiger partial charge in [-0.05, 0) is 45.2 Å². The summed E-state index contributed by atoms with van der Waals surface area (Å²) in [6.45, 7) is 6.66. The van der Waals surface area contributed by atoms with Crippen molar-refractivity contribution in [1.82, 2.24) is 15.0 Å². The van der Waals surface area contributed by atoms with Crippen molar-refractivity contribution in [3.63, 3.8) is 0 Å². The Balaban J connectivity index is 2.04. The highest BCUT2D eigenvalue weighted by atomic mass is 35.5. The molecule has 0 saturated carbocycles. The molecule has 106 valence electrons. The van der Waals surface area contributed by atoms with E-state index in [1.165, 1.54) is 0 Å². The summed E-state index contributed by atoms with van der Waals surface area (Å²) in [5.41, 5.74) is 0. The second-order valence-corrected chi connectivity index (χ2v) is 5.20. The maximum Gasteiger partial charge on any atom is 0.322 e. The molecule has 0 radical (unpaired) electrons. The minimum Gasteiger partial charge on any atom is -0.461 e. The standard InChI is InChI=1S/C12H19ClN4O2/c1-7(2)19-12-16-10(13)15-11(17-12)14-8(3)9-5-4-6-18-9/h7-9H,4-6H2,1-3H3,(H,14,15,16,17). The number of hydrogen-bond acceptors (Lipinski definition) is 6. The SMILES string of the molecule is CC(C)Oc1nc(Cl)nc(NC(C)C2CCCO2)n1. The minimum atomic E-state index is -0.0121. The van der Waals surface area contributed by atoms with Gasteiger partial charge in [0.25, 0.3) is 0 Å². The van der Waals surface area contributed by atoms with Crippen molar-refractivity contribution >= 4 is 17.5 Å². The van der Waals surface area contributed by atoms with E-state index < -0.39 is 0 Å². The molecule has 0 amide bonds. The zero-order valence-electron chi connectivity index (χ0n) is 11.4. The van der Waals surface area contributed by atoms with E-state index >= 15 is 0 Å². The molecule has 2 rings (SSSR count). The molecule has 2 heterocycles. The number of rotatable bonds is 5. The average Bonchev–Trinajstić information content (AvgIpc) is 2.79. The molecule has 1 aliphatic heterocycles. The number of halogens is 1. The fourth-order valence-corrected chi connectivity index (χ4v) is 2.11. The van der Waals surface area contributed by atoms with Crippen molar-refractivity contribution in [2.75, 3.05) is 11.9 Å². The maximum absolute atomic E-state index is 5.86. The molecule has 1 saturated heterocycles. The second-order valence-electron chi connectivity index (χ2n) is 4.86. The Hall–Kier alpha value is -1.14. The summed E-state index contributed by atoms with van der Waals surface area (Å²) in [6, 6.07) is 0.352. The Labute approximate surface area is 117 Å². The van der Waals surface area contributed by atoms with E-state index in [1.807, 2.05) is 20.8 Å². The first-order chi connectivity index (χ1) is 9.04. The highest BCUT2D eigenvalue weighted by Gasteiger charge is 2.23. The van der Waals surface area contributed by atoms with Crippen LogP contribution in [0, 0.1) is 0 Å². The maximum atomic E-state index is 5.86. The van der Waals surface area contributed by atoms with E-state index in [2.05, 4.69) is 20.3 Å². The molecule has 0 aliphatic carbocycles. The quantitative estimate of drug-likeness (QED) is 0.896. The van der Waals surface area contributed by atoms with Crippen molar-refractivity contribution in [2.45, 2.75) is 51.9 Å². The molecule has 1 N–H and O–H groups in total. The monoisotopic (exact) mass is 286 g/mol. The molecule has 1 fully saturated rings. The first kappa shape index (κ1) is 14.3. The van der Waals surface area contributed by atoms with Crippen LogP contribution in [0.15, 0.2) is 0 Å². The predicted octanol–water partition coefficient (Wildman–Crippen LogP) is 2.29. The van der Waals surface area contributed by atoms with Gasteiger partial charge in [-0.2, -0.15) is 15.0 Å². The second kappa shape index (κ2) is 6.34. The first-order valence-electron chi connectivity index (χ1n) is 6.51. The van der Waals surface area contributed by atoms with E-state index in [4.69, 9.17) is 21.1 Å². The fraction of sp³-hybridized carbons (Fsp3) is 0.750. The van der Waals surface area contributed by atoms with Gasteiger partial charge in [0.1, 0.15) is 0 Å². The molecule has 2 unspecified atom stereocenters. The molecule has 0 aromatic carbocycles. The van der Waals surface area contributed by atoms with Crippen LogP contribution in [-0.2, 0) is 4.74 Å². The third-order valence-electron chi connectivity index (χ3n) is 2.81. The van der Waals surface area contributed by atoms with Gasteiger partial charge in [-0.15, -0.1) is 0 Å². The summed E-state index contributed by atoms with van der Waals surface area (Å²) >= 11 is 5.86. The Morgan fingerprint density at radius 2 is 2.11 bits per heavy atom. The van der Waals surface area contributed by atoms with E-state index in [-0.39, 0.29) is 29.5 Å². The van der Waals surface area contributed by atoms with Crippen molar-refractivity contribution in [3.05, 3.63) is 5.28 Å². The van der Waals surface area contributed by atoms with Gasteiger partial charge >= 0.3 is 6.01 Å². The Morgan fingerprint density at radius 1 is 1.32 bits per heavy atom. The van der Waals surface area contributed by atoms with Crippen molar-refractivity contribution < 1.29 is 9.47 Å². The Kier molecular flexibility index (Phi) is 4.76. The molecule has 1 aromatic heterocycles. The Bertz CT molecular complexity index is 424. The van der Waals surface area contributed by atoms with Crippen LogP contribution < -0.4 is 10.1 Å². The van der Waals surface area contributed by atoms with Gasteiger partial charge in [0, 0.05) is 6.61 Å². The van der Waals surface area contributed by atoms with Crippen LogP contribution in [0.4, 0.5) is 5.95 Å². The number of nitrogens with zero attached hydrogens (tertiary/aromatic N) is 3. The molecule has 6 nitrogen and oxygen atoms in total. The molecule has 0 bridgehead atoms. The largest absolute Gasteiger partial charge is 0.461 e. The minimum absolute atomic E-state index is 0.0121. The molecule has 19 heavy (non-hydrogen) atoms. The van der Waals surface area contributed by atoms with Gasteiger partial charge in [-0.25, -0.2) is 0 Å². The van der Waals surface area contributed by atoms with Crippen LogP contribution in [-0.4, -0.2) is 39.8 Å². The number of hydrogen-bond donors (Lipinski definition) is 1. The molecule has 7 heteroatoms. The van der Waals surface area contributed by atoms with E-state index in [0.29, 0.717) is 5.95 Å². The van der Waals surface area contributed by atoms with Gasteiger partial charge in [-0.3, -0.25) is 0 Å². The summed E-state index contributed by atoms with van der Waals surface area (Å²) in [7, 11) is 0. The zero-order chi connectivity index (χ0) is 13.8. The lowest BCUT2D eigenvalue weighted by Crippen LogP contribution is -2.31. The summed E-state index contributed by atoms with van der Waals surface area (Å²) in [4.78, 5) is 12.2. The smallest absolute Gasteiger partial charge is 0.322 e. The molecule has 1 aliphatic rings. The Morgan fingerprint density at radius 3 is 2.74 bits per heavy atom. The number of anilines is 1. The lowest BCUT2D eigenvalue weighted by molar-refractivity contribution is 0.0994. The van der Waals surface area contributed by atoms with Crippen LogP contribution >= 0.6 is 11.6 Å². The van der Waals surface area contributed by atoms with Crippen molar-refractivity contribution in [2.24, 2.45) is 0 Å². The molecule has 0 spiro atoms. The predicted molar refractivity (Wildman–Crippen MR) is 72.7 cm³/mol. The highest BCUT2D eigenvalue weighted by Crippen LogP contribution is 2.19. The van der Waals surface area contributed by atoms with E-state index in [1.54, 1.807) is 0 Å². The summed E-state index contributed by atoms with van der Waals surface area (Å²) in [5.74, 6) is 0.415. The van der Waals surface area contributed by atoms with E-state index in [0.717, 1.165) is 19.4 Å². The normalized spacial score (nSPS) is 20.6. The third kappa shape index (κ3) is 4.18. The van der Waals surface area contributed by atoms with Crippen molar-refractivity contribution in [1.29, 1.82) is 0 Å². The number of ether oxygens (including phenoxy) is 2. The van der Waals surface area contributed by atoms with Crippen LogP contribution in [0.2, 0.25) is 5.28 Å². The lowest BCUT2D eigenvalue weighted by atomic mass is 10.1. The van der Waals surface area contributed by atoms with Gasteiger partial charge in [0.2, 0.25) is 11.2 Å². The summed E-state index contributed by atoms with van der Waals surface area (Å²) in [6.07, 6.45) is 2.31. The first-order valence-corrected chi connectivity index (χ1v) is 6.89. The lowest BCUT2D eigenvalue weighted by Gasteiger charge is -2.20. The molecule has 1 aromatic rings. The topological polar surface area (TPSA) is 69.2 Å². The summed E-state index contributed by atoms with van der Waals surface area (Å²) < 4.78 is 11.0.